The molecule has 0 aliphatic carbocycles. The Balaban J connectivity index is 2.15. The first-order chi connectivity index (χ1) is 5.85. The maximum absolute atomic E-state index is 6.09. The van der Waals surface area contributed by atoms with Gasteiger partial charge in [-0.3, -0.25) is 4.90 Å². The number of rotatable bonds is 3. The van der Waals surface area contributed by atoms with E-state index in [2.05, 4.69) is 32.6 Å². The molecule has 2 N–H and O–H groups in total. The van der Waals surface area contributed by atoms with E-state index in [0.717, 1.165) is 19.5 Å². The average Bonchev–Trinajstić information content (AvgIpc) is 1.94. The molecule has 1 fully saturated rings. The quantitative estimate of drug-likeness (QED) is 0.725. The summed E-state index contributed by atoms with van der Waals surface area (Å²) in [5.74, 6) is 0. The highest BCUT2D eigenvalue weighted by molar-refractivity contribution is 4.98. The second kappa shape index (κ2) is 3.58. The molecule has 0 radical (unpaired) electrons. The lowest BCUT2D eigenvalue weighted by Crippen LogP contribution is -2.67. The Kier molecular flexibility index (Phi) is 3.03. The lowest BCUT2D eigenvalue weighted by atomic mass is 9.86. The summed E-state index contributed by atoms with van der Waals surface area (Å²) in [6.45, 7) is 12.5. The summed E-state index contributed by atoms with van der Waals surface area (Å²) in [6.07, 6.45) is 2.38. The van der Waals surface area contributed by atoms with Gasteiger partial charge in [-0.15, -0.1) is 0 Å². The molecule has 0 amide bonds. The number of nitrogens with zero attached hydrogens (tertiary/aromatic N) is 1. The number of hydrogen-bond acceptors (Lipinski definition) is 2. The zero-order chi connectivity index (χ0) is 10.1. The van der Waals surface area contributed by atoms with Gasteiger partial charge in [0.05, 0.1) is 0 Å². The van der Waals surface area contributed by atoms with Gasteiger partial charge in [-0.1, -0.05) is 27.7 Å². The molecule has 1 aliphatic heterocycles. The molecule has 1 saturated heterocycles. The van der Waals surface area contributed by atoms with E-state index in [1.54, 1.807) is 0 Å². The van der Waals surface area contributed by atoms with Gasteiger partial charge >= 0.3 is 0 Å². The van der Waals surface area contributed by atoms with Crippen molar-refractivity contribution in [1.29, 1.82) is 0 Å². The van der Waals surface area contributed by atoms with Crippen LogP contribution in [0.4, 0.5) is 0 Å². The van der Waals surface area contributed by atoms with Gasteiger partial charge in [0.1, 0.15) is 0 Å². The third-order valence-electron chi connectivity index (χ3n) is 2.96. The summed E-state index contributed by atoms with van der Waals surface area (Å²) in [5.41, 5.74) is 6.68. The fourth-order valence-electron chi connectivity index (χ4n) is 1.72. The van der Waals surface area contributed by atoms with Gasteiger partial charge in [-0.05, 0) is 24.8 Å². The lowest BCUT2D eigenvalue weighted by molar-refractivity contribution is 0.0577. The molecule has 0 saturated carbocycles. The third-order valence-corrected chi connectivity index (χ3v) is 2.96. The molecule has 78 valence electrons. The van der Waals surface area contributed by atoms with E-state index in [9.17, 15) is 0 Å². The molecule has 0 bridgehead atoms. The zero-order valence-electron chi connectivity index (χ0n) is 9.56. The largest absolute Gasteiger partial charge is 0.323 e. The van der Waals surface area contributed by atoms with Crippen molar-refractivity contribution in [2.75, 3.05) is 19.6 Å². The van der Waals surface area contributed by atoms with E-state index >= 15 is 0 Å². The van der Waals surface area contributed by atoms with Gasteiger partial charge in [0.15, 0.2) is 0 Å². The topological polar surface area (TPSA) is 29.3 Å². The fraction of sp³-hybridized carbons (Fsp3) is 1.00. The highest BCUT2D eigenvalue weighted by Crippen LogP contribution is 2.25. The van der Waals surface area contributed by atoms with Crippen LogP contribution in [-0.2, 0) is 0 Å². The summed E-state index contributed by atoms with van der Waals surface area (Å²) < 4.78 is 0. The van der Waals surface area contributed by atoms with Crippen LogP contribution in [-0.4, -0.2) is 30.1 Å². The summed E-state index contributed by atoms with van der Waals surface area (Å²) in [5, 5.41) is 0. The Labute approximate surface area is 82.5 Å². The second-order valence-corrected chi connectivity index (χ2v) is 5.74. The molecule has 0 spiro atoms. The summed E-state index contributed by atoms with van der Waals surface area (Å²) >= 11 is 0. The minimum atomic E-state index is 0.137. The van der Waals surface area contributed by atoms with Gasteiger partial charge in [0.2, 0.25) is 0 Å². The molecule has 1 aliphatic rings. The van der Waals surface area contributed by atoms with Crippen molar-refractivity contribution in [2.24, 2.45) is 11.1 Å². The normalized spacial score (nSPS) is 22.8. The monoisotopic (exact) mass is 184 g/mol. The van der Waals surface area contributed by atoms with Gasteiger partial charge in [0.25, 0.3) is 0 Å². The van der Waals surface area contributed by atoms with Crippen LogP contribution in [0.25, 0.3) is 0 Å². The van der Waals surface area contributed by atoms with Crippen LogP contribution >= 0.6 is 0 Å². The Morgan fingerprint density at radius 1 is 1.31 bits per heavy atom. The van der Waals surface area contributed by atoms with Crippen molar-refractivity contribution < 1.29 is 0 Å². The first kappa shape index (κ1) is 11.0. The molecule has 0 atom stereocenters. The smallest absolute Gasteiger partial charge is 0.0409 e. The van der Waals surface area contributed by atoms with Crippen molar-refractivity contribution in [2.45, 2.75) is 46.1 Å². The van der Waals surface area contributed by atoms with Gasteiger partial charge in [0, 0.05) is 18.6 Å². The van der Waals surface area contributed by atoms with Crippen LogP contribution in [0, 0.1) is 5.41 Å². The van der Waals surface area contributed by atoms with Crippen LogP contribution in [0.5, 0.6) is 0 Å². The second-order valence-electron chi connectivity index (χ2n) is 5.74. The minimum Gasteiger partial charge on any atom is -0.323 e. The van der Waals surface area contributed by atoms with Crippen LogP contribution < -0.4 is 5.73 Å². The van der Waals surface area contributed by atoms with Crippen molar-refractivity contribution in [1.82, 2.24) is 4.90 Å². The van der Waals surface area contributed by atoms with Gasteiger partial charge in [-0.2, -0.15) is 0 Å². The van der Waals surface area contributed by atoms with Crippen LogP contribution in [0.2, 0.25) is 0 Å². The number of nitrogens with two attached hydrogens (primary N) is 1. The van der Waals surface area contributed by atoms with Crippen molar-refractivity contribution >= 4 is 0 Å². The van der Waals surface area contributed by atoms with Crippen LogP contribution in [0.3, 0.4) is 0 Å². The van der Waals surface area contributed by atoms with E-state index in [0.29, 0.717) is 5.41 Å². The summed E-state index contributed by atoms with van der Waals surface area (Å²) in [7, 11) is 0. The van der Waals surface area contributed by atoms with Crippen molar-refractivity contribution in [3.63, 3.8) is 0 Å². The first-order valence-electron chi connectivity index (χ1n) is 5.36. The Morgan fingerprint density at radius 2 is 1.85 bits per heavy atom. The average molecular weight is 184 g/mol. The summed E-state index contributed by atoms with van der Waals surface area (Å²) in [6, 6.07) is 0. The lowest BCUT2D eigenvalue weighted by Gasteiger charge is -2.48. The highest BCUT2D eigenvalue weighted by Gasteiger charge is 2.37. The van der Waals surface area contributed by atoms with E-state index in [4.69, 9.17) is 5.73 Å². The van der Waals surface area contributed by atoms with E-state index in [1.807, 2.05) is 0 Å². The van der Waals surface area contributed by atoms with Crippen LogP contribution in [0.1, 0.15) is 40.5 Å². The predicted octanol–water partition coefficient (Wildman–Crippen LogP) is 1.85. The van der Waals surface area contributed by atoms with Gasteiger partial charge < -0.3 is 5.73 Å². The Hall–Kier alpha value is -0.0800. The molecule has 0 aromatic rings. The molecule has 0 aromatic heterocycles. The predicted molar refractivity (Wildman–Crippen MR) is 57.7 cm³/mol. The third kappa shape index (κ3) is 3.28. The van der Waals surface area contributed by atoms with Gasteiger partial charge in [-0.25, -0.2) is 0 Å². The molecule has 2 nitrogen and oxygen atoms in total. The van der Waals surface area contributed by atoms with Crippen LogP contribution in [0.15, 0.2) is 0 Å². The maximum atomic E-state index is 6.09. The maximum Gasteiger partial charge on any atom is 0.0409 e. The molecule has 0 unspecified atom stereocenters. The zero-order valence-corrected chi connectivity index (χ0v) is 9.56. The molecule has 1 rings (SSSR count). The Morgan fingerprint density at radius 3 is 2.23 bits per heavy atom. The number of hydrogen-bond donors (Lipinski definition) is 1. The van der Waals surface area contributed by atoms with E-state index < -0.39 is 0 Å². The molecule has 13 heavy (non-hydrogen) atoms. The molecular weight excluding hydrogens is 160 g/mol. The first-order valence-corrected chi connectivity index (χ1v) is 5.36. The number of likely N-dealkylation sites (tertiary alicyclic amines) is 1. The SMILES string of the molecule is CCC1(N)CN(CCC(C)(C)C)C1. The van der Waals surface area contributed by atoms with Crippen molar-refractivity contribution in [3.8, 4) is 0 Å². The summed E-state index contributed by atoms with van der Waals surface area (Å²) in [4.78, 5) is 2.47. The minimum absolute atomic E-state index is 0.137. The van der Waals surface area contributed by atoms with E-state index in [-0.39, 0.29) is 5.54 Å². The molecule has 2 heteroatoms. The standard InChI is InChI=1S/C11H24N2/c1-5-11(12)8-13(9-11)7-6-10(2,3)4/h5-9,12H2,1-4H3. The van der Waals surface area contributed by atoms with Crippen molar-refractivity contribution in [3.05, 3.63) is 0 Å². The molecular formula is C11H24N2. The Bertz CT molecular complexity index is 163. The van der Waals surface area contributed by atoms with E-state index in [1.165, 1.54) is 13.0 Å². The highest BCUT2D eigenvalue weighted by atomic mass is 15.2. The molecule has 1 heterocycles. The fourth-order valence-corrected chi connectivity index (χ4v) is 1.72. The molecule has 0 aromatic carbocycles.